The Hall–Kier alpha value is -2.29. The summed E-state index contributed by atoms with van der Waals surface area (Å²) in [6.07, 6.45) is 0. The molecular formula is C14H13NO2. The van der Waals surface area contributed by atoms with Crippen molar-refractivity contribution in [3.05, 3.63) is 54.1 Å². The summed E-state index contributed by atoms with van der Waals surface area (Å²) < 4.78 is 5.09. The van der Waals surface area contributed by atoms with Crippen LogP contribution in [0.5, 0.6) is 5.75 Å². The van der Waals surface area contributed by atoms with Crippen LogP contribution in [-0.2, 0) is 0 Å². The molecule has 3 nitrogen and oxygen atoms in total. The molecule has 0 fully saturated rings. The molecule has 0 saturated heterocycles. The Morgan fingerprint density at radius 1 is 0.941 bits per heavy atom. The van der Waals surface area contributed by atoms with Crippen molar-refractivity contribution in [3.8, 4) is 16.9 Å². The molecule has 0 saturated carbocycles. The molecule has 86 valence electrons. The number of carbonyl (C=O) groups is 1. The topological polar surface area (TPSA) is 52.3 Å². The number of benzene rings is 2. The number of hydrogen-bond acceptors (Lipinski definition) is 2. The van der Waals surface area contributed by atoms with Crippen molar-refractivity contribution < 1.29 is 9.53 Å². The van der Waals surface area contributed by atoms with Crippen molar-refractivity contribution in [2.75, 3.05) is 7.11 Å². The molecule has 0 aromatic heterocycles. The SMILES string of the molecule is COc1ccc(-c2ccc(C(N)=O)cc2)cc1. The fourth-order valence-corrected chi connectivity index (χ4v) is 1.61. The molecule has 0 aliphatic rings. The van der Waals surface area contributed by atoms with E-state index >= 15 is 0 Å². The second-order valence-electron chi connectivity index (χ2n) is 3.67. The van der Waals surface area contributed by atoms with E-state index in [4.69, 9.17) is 10.5 Å². The van der Waals surface area contributed by atoms with E-state index in [-0.39, 0.29) is 0 Å². The summed E-state index contributed by atoms with van der Waals surface area (Å²) in [5, 5.41) is 0. The molecule has 0 aliphatic carbocycles. The molecule has 2 aromatic rings. The number of primary amides is 1. The Morgan fingerprint density at radius 2 is 1.41 bits per heavy atom. The van der Waals surface area contributed by atoms with Gasteiger partial charge in [-0.3, -0.25) is 4.79 Å². The van der Waals surface area contributed by atoms with Crippen molar-refractivity contribution in [2.24, 2.45) is 5.73 Å². The summed E-state index contributed by atoms with van der Waals surface area (Å²) in [5.41, 5.74) is 7.81. The largest absolute Gasteiger partial charge is 0.497 e. The fourth-order valence-electron chi connectivity index (χ4n) is 1.61. The van der Waals surface area contributed by atoms with Gasteiger partial charge < -0.3 is 10.5 Å². The third kappa shape index (κ3) is 2.45. The van der Waals surface area contributed by atoms with Crippen molar-refractivity contribution in [3.63, 3.8) is 0 Å². The molecule has 2 rings (SSSR count). The van der Waals surface area contributed by atoms with Crippen molar-refractivity contribution in [2.45, 2.75) is 0 Å². The van der Waals surface area contributed by atoms with Crippen LogP contribution in [0.4, 0.5) is 0 Å². The van der Waals surface area contributed by atoms with Crippen LogP contribution in [0.15, 0.2) is 48.5 Å². The van der Waals surface area contributed by atoms with E-state index in [1.54, 1.807) is 19.2 Å². The lowest BCUT2D eigenvalue weighted by Crippen LogP contribution is -2.10. The molecule has 0 atom stereocenters. The van der Waals surface area contributed by atoms with Crippen LogP contribution in [0, 0.1) is 0 Å². The van der Waals surface area contributed by atoms with Crippen LogP contribution in [-0.4, -0.2) is 13.0 Å². The highest BCUT2D eigenvalue weighted by atomic mass is 16.5. The minimum atomic E-state index is -0.411. The van der Waals surface area contributed by atoms with Crippen LogP contribution in [0.2, 0.25) is 0 Å². The standard InChI is InChI=1S/C14H13NO2/c1-17-13-8-6-11(7-9-13)10-2-4-12(5-3-10)14(15)16/h2-9H,1H3,(H2,15,16). The van der Waals surface area contributed by atoms with Gasteiger partial charge in [-0.1, -0.05) is 24.3 Å². The van der Waals surface area contributed by atoms with E-state index < -0.39 is 5.91 Å². The molecule has 17 heavy (non-hydrogen) atoms. The molecule has 0 bridgehead atoms. The maximum atomic E-state index is 10.9. The van der Waals surface area contributed by atoms with Gasteiger partial charge in [-0.05, 0) is 35.4 Å². The summed E-state index contributed by atoms with van der Waals surface area (Å²) in [6, 6.07) is 14.9. The van der Waals surface area contributed by atoms with Gasteiger partial charge in [-0.15, -0.1) is 0 Å². The second-order valence-corrected chi connectivity index (χ2v) is 3.67. The third-order valence-electron chi connectivity index (χ3n) is 2.59. The minimum absolute atomic E-state index is 0.411. The van der Waals surface area contributed by atoms with E-state index in [0.717, 1.165) is 16.9 Å². The Balaban J connectivity index is 2.29. The summed E-state index contributed by atoms with van der Waals surface area (Å²) in [5.74, 6) is 0.411. The van der Waals surface area contributed by atoms with Crippen LogP contribution < -0.4 is 10.5 Å². The van der Waals surface area contributed by atoms with Gasteiger partial charge in [0, 0.05) is 5.56 Å². The Labute approximate surface area is 99.8 Å². The molecular weight excluding hydrogens is 214 g/mol. The summed E-state index contributed by atoms with van der Waals surface area (Å²) in [4.78, 5) is 10.9. The maximum Gasteiger partial charge on any atom is 0.248 e. The number of methoxy groups -OCH3 is 1. The smallest absolute Gasteiger partial charge is 0.248 e. The van der Waals surface area contributed by atoms with Gasteiger partial charge in [-0.25, -0.2) is 0 Å². The first kappa shape index (κ1) is 11.2. The molecule has 0 unspecified atom stereocenters. The van der Waals surface area contributed by atoms with Crippen molar-refractivity contribution >= 4 is 5.91 Å². The van der Waals surface area contributed by atoms with Gasteiger partial charge in [0.25, 0.3) is 0 Å². The van der Waals surface area contributed by atoms with E-state index in [2.05, 4.69) is 0 Å². The molecule has 1 amide bonds. The van der Waals surface area contributed by atoms with E-state index in [0.29, 0.717) is 5.56 Å². The van der Waals surface area contributed by atoms with Crippen molar-refractivity contribution in [1.82, 2.24) is 0 Å². The molecule has 0 spiro atoms. The highest BCUT2D eigenvalue weighted by Gasteiger charge is 2.01. The quantitative estimate of drug-likeness (QED) is 0.875. The third-order valence-corrected chi connectivity index (χ3v) is 2.59. The Morgan fingerprint density at radius 3 is 1.82 bits per heavy atom. The lowest BCUT2D eigenvalue weighted by molar-refractivity contribution is 0.100. The number of carbonyl (C=O) groups excluding carboxylic acids is 1. The first-order valence-electron chi connectivity index (χ1n) is 5.25. The zero-order chi connectivity index (χ0) is 12.3. The fraction of sp³-hybridized carbons (Fsp3) is 0.0714. The van der Waals surface area contributed by atoms with Gasteiger partial charge in [0.15, 0.2) is 0 Å². The normalized spacial score (nSPS) is 9.94. The molecule has 0 aliphatic heterocycles. The molecule has 0 heterocycles. The number of rotatable bonds is 3. The maximum absolute atomic E-state index is 10.9. The Kier molecular flexibility index (Phi) is 3.10. The zero-order valence-corrected chi connectivity index (χ0v) is 9.51. The first-order chi connectivity index (χ1) is 8.20. The highest BCUT2D eigenvalue weighted by molar-refractivity contribution is 5.93. The molecule has 0 radical (unpaired) electrons. The molecule has 2 N–H and O–H groups in total. The van der Waals surface area contributed by atoms with Gasteiger partial charge in [0.1, 0.15) is 5.75 Å². The zero-order valence-electron chi connectivity index (χ0n) is 9.51. The van der Waals surface area contributed by atoms with Crippen LogP contribution >= 0.6 is 0 Å². The summed E-state index contributed by atoms with van der Waals surface area (Å²) in [7, 11) is 1.64. The lowest BCUT2D eigenvalue weighted by atomic mass is 10.0. The van der Waals surface area contributed by atoms with E-state index in [9.17, 15) is 4.79 Å². The predicted octanol–water partition coefficient (Wildman–Crippen LogP) is 2.46. The van der Waals surface area contributed by atoms with E-state index in [1.165, 1.54) is 0 Å². The average molecular weight is 227 g/mol. The van der Waals surface area contributed by atoms with Crippen LogP contribution in [0.3, 0.4) is 0 Å². The number of hydrogen-bond donors (Lipinski definition) is 1. The number of nitrogens with two attached hydrogens (primary N) is 1. The first-order valence-corrected chi connectivity index (χ1v) is 5.25. The summed E-state index contributed by atoms with van der Waals surface area (Å²) >= 11 is 0. The molecule has 3 heteroatoms. The molecule has 2 aromatic carbocycles. The van der Waals surface area contributed by atoms with Crippen LogP contribution in [0.1, 0.15) is 10.4 Å². The van der Waals surface area contributed by atoms with Crippen LogP contribution in [0.25, 0.3) is 11.1 Å². The minimum Gasteiger partial charge on any atom is -0.497 e. The predicted molar refractivity (Wildman–Crippen MR) is 66.9 cm³/mol. The van der Waals surface area contributed by atoms with Crippen molar-refractivity contribution in [1.29, 1.82) is 0 Å². The summed E-state index contributed by atoms with van der Waals surface area (Å²) in [6.45, 7) is 0. The monoisotopic (exact) mass is 227 g/mol. The van der Waals surface area contributed by atoms with Gasteiger partial charge >= 0.3 is 0 Å². The lowest BCUT2D eigenvalue weighted by Gasteiger charge is -2.04. The number of amides is 1. The number of ether oxygens (including phenoxy) is 1. The highest BCUT2D eigenvalue weighted by Crippen LogP contribution is 2.22. The van der Waals surface area contributed by atoms with E-state index in [1.807, 2.05) is 36.4 Å². The van der Waals surface area contributed by atoms with Gasteiger partial charge in [0.2, 0.25) is 5.91 Å². The Bertz CT molecular complexity index is 515. The second kappa shape index (κ2) is 4.70. The average Bonchev–Trinajstić information content (AvgIpc) is 2.39. The van der Waals surface area contributed by atoms with Gasteiger partial charge in [0.05, 0.1) is 7.11 Å². The van der Waals surface area contributed by atoms with Gasteiger partial charge in [-0.2, -0.15) is 0 Å².